The van der Waals surface area contributed by atoms with E-state index in [2.05, 4.69) is 20.9 Å². The number of rotatable bonds is 6. The van der Waals surface area contributed by atoms with Gasteiger partial charge in [-0.1, -0.05) is 0 Å². The van der Waals surface area contributed by atoms with Crippen molar-refractivity contribution in [2.45, 2.75) is 83.3 Å². The minimum absolute atomic E-state index is 0.0122. The molecule has 0 aromatic carbocycles. The summed E-state index contributed by atoms with van der Waals surface area (Å²) in [5, 5.41) is 9.68. The highest BCUT2D eigenvalue weighted by Gasteiger charge is 2.36. The van der Waals surface area contributed by atoms with Gasteiger partial charge >= 0.3 is 6.09 Å². The molecule has 0 saturated heterocycles. The second-order valence-corrected chi connectivity index (χ2v) is 12.3. The van der Waals surface area contributed by atoms with Crippen LogP contribution < -0.4 is 16.0 Å². The molecule has 11 heteroatoms. The van der Waals surface area contributed by atoms with Gasteiger partial charge in [0.1, 0.15) is 30.4 Å². The Balaban J connectivity index is 1.37. The van der Waals surface area contributed by atoms with Crippen molar-refractivity contribution in [3.05, 3.63) is 16.0 Å². The highest BCUT2D eigenvalue weighted by atomic mass is 32.1. The van der Waals surface area contributed by atoms with E-state index in [-0.39, 0.29) is 36.5 Å². The lowest BCUT2D eigenvalue weighted by Gasteiger charge is -2.28. The second-order valence-electron chi connectivity index (χ2n) is 11.2. The Bertz CT molecular complexity index is 1130. The predicted molar refractivity (Wildman–Crippen MR) is 147 cm³/mol. The van der Waals surface area contributed by atoms with Gasteiger partial charge in [0.2, 0.25) is 17.7 Å². The molecule has 38 heavy (non-hydrogen) atoms. The van der Waals surface area contributed by atoms with E-state index < -0.39 is 5.60 Å². The molecule has 1 aromatic heterocycles. The Morgan fingerprint density at radius 3 is 2.58 bits per heavy atom. The Labute approximate surface area is 228 Å². The third-order valence-corrected chi connectivity index (χ3v) is 8.32. The number of ether oxygens (including phenoxy) is 2. The molecule has 2 heterocycles. The van der Waals surface area contributed by atoms with Crippen LogP contribution in [-0.4, -0.2) is 73.6 Å². The zero-order chi connectivity index (χ0) is 27.4. The van der Waals surface area contributed by atoms with Crippen molar-refractivity contribution in [2.24, 2.45) is 10.9 Å². The van der Waals surface area contributed by atoms with E-state index in [0.29, 0.717) is 24.9 Å². The largest absolute Gasteiger partial charge is 0.596 e. The topological polar surface area (TPSA) is 121 Å². The Morgan fingerprint density at radius 1 is 1.16 bits per heavy atom. The number of thiophene rings is 1. The highest BCUT2D eigenvalue weighted by molar-refractivity contribution is 7.16. The van der Waals surface area contributed by atoms with E-state index in [1.165, 1.54) is 10.4 Å². The van der Waals surface area contributed by atoms with E-state index in [1.807, 2.05) is 27.0 Å². The van der Waals surface area contributed by atoms with Crippen LogP contribution in [0.3, 0.4) is 0 Å². The minimum atomic E-state index is -0.519. The monoisotopic (exact) mass is 546 g/mol. The summed E-state index contributed by atoms with van der Waals surface area (Å²) in [6.07, 6.45) is 7.47. The summed E-state index contributed by atoms with van der Waals surface area (Å²) in [5.74, 6) is 0.708. The summed E-state index contributed by atoms with van der Waals surface area (Å²) in [4.78, 5) is 42.3. The molecule has 208 valence electrons. The van der Waals surface area contributed by atoms with Crippen LogP contribution in [0.15, 0.2) is 4.99 Å². The fourth-order valence-corrected chi connectivity index (χ4v) is 6.53. The molecule has 1 aromatic rings. The van der Waals surface area contributed by atoms with Crippen molar-refractivity contribution in [3.8, 4) is 0 Å². The van der Waals surface area contributed by atoms with Crippen molar-refractivity contribution >= 4 is 46.4 Å². The van der Waals surface area contributed by atoms with Crippen LogP contribution >= 0.6 is 11.3 Å². The van der Waals surface area contributed by atoms with Crippen molar-refractivity contribution in [2.75, 3.05) is 32.6 Å². The summed E-state index contributed by atoms with van der Waals surface area (Å²) in [5.41, 5.74) is 1.67. The molecule has 1 fully saturated rings. The van der Waals surface area contributed by atoms with E-state index in [9.17, 15) is 14.4 Å². The Hall–Kier alpha value is -2.95. The molecule has 1 unspecified atom stereocenters. The number of hydrogen-bond acceptors (Lipinski definition) is 8. The fraction of sp³-hybridized carbons (Fsp3) is 0.667. The maximum atomic E-state index is 12.5. The van der Waals surface area contributed by atoms with Gasteiger partial charge in [0, 0.05) is 24.3 Å². The number of aliphatic imine (C=N–C) groups is 1. The van der Waals surface area contributed by atoms with Crippen LogP contribution in [0.4, 0.5) is 9.80 Å². The van der Waals surface area contributed by atoms with Crippen molar-refractivity contribution in [1.29, 1.82) is 0 Å². The number of fused-ring (bicyclic) bond motifs is 3. The first kappa shape index (κ1) is 28.1. The average molecular weight is 547 g/mol. The second kappa shape index (κ2) is 11.8. The van der Waals surface area contributed by atoms with Crippen LogP contribution in [0.5, 0.6) is 0 Å². The number of likely N-dealkylation sites (N-methyl/N-ethyl adjacent to an activating group) is 1. The number of hydrogen-bond donors (Lipinski definition) is 3. The zero-order valence-corrected chi connectivity index (χ0v) is 23.8. The molecule has 3 aliphatic rings. The molecule has 3 N–H and O–H groups in total. The molecule has 3 amide bonds. The van der Waals surface area contributed by atoms with Gasteiger partial charge in [-0.3, -0.25) is 9.59 Å². The van der Waals surface area contributed by atoms with Crippen LogP contribution in [0.1, 0.15) is 81.2 Å². The number of carbonyl (C=O) groups is 3. The summed E-state index contributed by atoms with van der Waals surface area (Å²) >= 11 is 1.73. The first-order chi connectivity index (χ1) is 18.0. The Kier molecular flexibility index (Phi) is 8.74. The smallest absolute Gasteiger partial charge is 0.474 e. The van der Waals surface area contributed by atoms with Crippen LogP contribution in [0, 0.1) is 5.92 Å². The van der Waals surface area contributed by atoms with Gasteiger partial charge in [0.15, 0.2) is 6.21 Å². The van der Waals surface area contributed by atoms with Crippen molar-refractivity contribution < 1.29 is 28.4 Å². The molecule has 10 nitrogen and oxygen atoms in total. The van der Waals surface area contributed by atoms with Crippen molar-refractivity contribution in [1.82, 2.24) is 10.6 Å². The van der Waals surface area contributed by atoms with Gasteiger partial charge < -0.3 is 25.4 Å². The van der Waals surface area contributed by atoms with Crippen LogP contribution in [0.2, 0.25) is 0 Å². The van der Waals surface area contributed by atoms with E-state index in [4.69, 9.17) is 9.47 Å². The first-order valence-corrected chi connectivity index (χ1v) is 14.2. The number of nitrogens with one attached hydrogen (secondary N) is 3. The molecule has 1 saturated carbocycles. The molecule has 1 aliphatic heterocycles. The number of nitrogens with zero attached hydrogens (tertiary/aromatic N) is 2. The lowest BCUT2D eigenvalue weighted by Crippen LogP contribution is -2.35. The third kappa shape index (κ3) is 6.92. The van der Waals surface area contributed by atoms with Gasteiger partial charge in [-0.05, 0) is 70.8 Å². The standard InChI is InChI=1S/C27H39N5O5S/c1-27(2,3)37-26(35)32(5)14-16-6-9-18(10-7-16)36-24-23-22-17(12-20(33)29-13-21(34)28-4)8-11-19(22)38-25(23)31-15-30-24/h14,16-18H,6-13,15H2,1-5H3,(H2-,28,29,30,31,33,34)/p+1. The van der Waals surface area contributed by atoms with E-state index in [0.717, 1.165) is 49.1 Å². The number of carbonyl (C=O) groups excluding carboxylic acids is 3. The fourth-order valence-electron chi connectivity index (χ4n) is 5.25. The van der Waals surface area contributed by atoms with E-state index >= 15 is 0 Å². The number of anilines is 1. The zero-order valence-electron chi connectivity index (χ0n) is 23.0. The molecule has 2 aliphatic carbocycles. The van der Waals surface area contributed by atoms with Crippen LogP contribution in [0.25, 0.3) is 0 Å². The molecule has 4 rings (SSSR count). The summed E-state index contributed by atoms with van der Waals surface area (Å²) in [6.45, 7) is 6.06. The van der Waals surface area contributed by atoms with Crippen LogP contribution in [-0.2, 0) is 25.5 Å². The maximum Gasteiger partial charge on any atom is 0.596 e. The lowest BCUT2D eigenvalue weighted by atomic mass is 9.88. The SMILES string of the molecule is CNC(=O)CNC(=O)CC1CCc2sc3c(c21)C(OC1CCC(C=[N+](C)C(=O)OC(C)(C)C)CC1)=NCN3. The van der Waals surface area contributed by atoms with E-state index in [1.54, 1.807) is 30.0 Å². The van der Waals surface area contributed by atoms with Gasteiger partial charge in [-0.15, -0.1) is 15.9 Å². The predicted octanol–water partition coefficient (Wildman–Crippen LogP) is 3.38. The van der Waals surface area contributed by atoms with Crippen molar-refractivity contribution in [3.63, 3.8) is 0 Å². The minimum Gasteiger partial charge on any atom is -0.474 e. The molecule has 0 radical (unpaired) electrons. The third-order valence-electron chi connectivity index (χ3n) is 7.10. The quantitative estimate of drug-likeness (QED) is 0.372. The number of aryl methyl sites for hydroxylation is 1. The summed E-state index contributed by atoms with van der Waals surface area (Å²) in [6, 6.07) is 0. The van der Waals surface area contributed by atoms with Gasteiger partial charge in [0.05, 0.1) is 12.1 Å². The molecular weight excluding hydrogens is 506 g/mol. The van der Waals surface area contributed by atoms with Gasteiger partial charge in [-0.25, -0.2) is 4.99 Å². The molecular formula is C27H40N5O5S+. The maximum absolute atomic E-state index is 12.5. The number of amides is 3. The average Bonchev–Trinajstić information content (AvgIpc) is 3.42. The molecule has 0 bridgehead atoms. The highest BCUT2D eigenvalue weighted by Crippen LogP contribution is 2.47. The first-order valence-electron chi connectivity index (χ1n) is 13.4. The molecule has 1 atom stereocenters. The Morgan fingerprint density at radius 2 is 1.89 bits per heavy atom. The van der Waals surface area contributed by atoms with Gasteiger partial charge in [0.25, 0.3) is 0 Å². The normalized spacial score (nSPS) is 22.9. The van der Waals surface area contributed by atoms with Gasteiger partial charge in [-0.2, -0.15) is 4.79 Å². The summed E-state index contributed by atoms with van der Waals surface area (Å²) in [7, 11) is 3.30. The summed E-state index contributed by atoms with van der Waals surface area (Å²) < 4.78 is 13.5. The lowest BCUT2D eigenvalue weighted by molar-refractivity contribution is -0.416. The molecule has 0 spiro atoms.